The number of aromatic nitrogens is 1. The van der Waals surface area contributed by atoms with E-state index in [1.165, 1.54) is 11.1 Å². The van der Waals surface area contributed by atoms with Gasteiger partial charge in [-0.15, -0.1) is 0 Å². The minimum Gasteiger partial charge on any atom is -0.507 e. The summed E-state index contributed by atoms with van der Waals surface area (Å²) in [5, 5.41) is 11.1. The summed E-state index contributed by atoms with van der Waals surface area (Å²) in [5.74, 6) is 0.0539. The standard InChI is InChI=1S/C24H22N2O5/c1-14(2)30-17-10-8-16(9-11-17)22(27)20-21(18-12-7-15(3)31-18)26(24(29)23(20)28)19-6-4-5-13-25-19/h4-14,21,27H,1-3H3/b22-20-. The molecule has 2 aromatic heterocycles. The normalized spacial score (nSPS) is 18.1. The number of carbonyl (C=O) groups is 2. The fourth-order valence-electron chi connectivity index (χ4n) is 3.55. The molecule has 3 aromatic rings. The highest BCUT2D eigenvalue weighted by atomic mass is 16.5. The number of benzene rings is 1. The molecule has 0 bridgehead atoms. The Labute approximate surface area is 179 Å². The highest BCUT2D eigenvalue weighted by molar-refractivity contribution is 6.51. The second-order valence-electron chi connectivity index (χ2n) is 7.50. The van der Waals surface area contributed by atoms with Crippen molar-refractivity contribution in [3.63, 3.8) is 0 Å². The minimum absolute atomic E-state index is 0.00494. The van der Waals surface area contributed by atoms with E-state index in [0.29, 0.717) is 28.7 Å². The van der Waals surface area contributed by atoms with Crippen LogP contribution in [0.25, 0.3) is 5.76 Å². The lowest BCUT2D eigenvalue weighted by Gasteiger charge is -2.22. The monoisotopic (exact) mass is 418 g/mol. The summed E-state index contributed by atoms with van der Waals surface area (Å²) in [6.45, 7) is 5.60. The summed E-state index contributed by atoms with van der Waals surface area (Å²) in [7, 11) is 0. The number of hydrogen-bond donors (Lipinski definition) is 1. The summed E-state index contributed by atoms with van der Waals surface area (Å²) in [4.78, 5) is 31.4. The van der Waals surface area contributed by atoms with E-state index in [1.54, 1.807) is 61.5 Å². The summed E-state index contributed by atoms with van der Waals surface area (Å²) in [6, 6.07) is 14.3. The van der Waals surface area contributed by atoms with Crippen LogP contribution < -0.4 is 9.64 Å². The van der Waals surface area contributed by atoms with E-state index < -0.39 is 17.7 Å². The number of carbonyl (C=O) groups excluding carboxylic acids is 2. The molecular weight excluding hydrogens is 396 g/mol. The van der Waals surface area contributed by atoms with E-state index in [1.807, 2.05) is 13.8 Å². The Bertz CT molecular complexity index is 1150. The first kappa shape index (κ1) is 20.4. The molecule has 1 N–H and O–H groups in total. The van der Waals surface area contributed by atoms with Gasteiger partial charge in [0.2, 0.25) is 0 Å². The van der Waals surface area contributed by atoms with Gasteiger partial charge in [-0.25, -0.2) is 4.98 Å². The first-order valence-corrected chi connectivity index (χ1v) is 9.92. The molecule has 1 saturated heterocycles. The zero-order valence-corrected chi connectivity index (χ0v) is 17.4. The molecule has 1 aliphatic rings. The molecule has 1 fully saturated rings. The maximum atomic E-state index is 13.0. The summed E-state index contributed by atoms with van der Waals surface area (Å²) < 4.78 is 11.4. The van der Waals surface area contributed by atoms with Crippen molar-refractivity contribution in [2.24, 2.45) is 0 Å². The van der Waals surface area contributed by atoms with Crippen LogP contribution in [0.3, 0.4) is 0 Å². The highest BCUT2D eigenvalue weighted by Gasteiger charge is 2.48. The zero-order chi connectivity index (χ0) is 22.1. The molecule has 0 aliphatic carbocycles. The number of ketones is 1. The van der Waals surface area contributed by atoms with Gasteiger partial charge in [0, 0.05) is 11.8 Å². The van der Waals surface area contributed by atoms with Crippen LogP contribution in [0.4, 0.5) is 5.82 Å². The Hall–Kier alpha value is -3.87. The van der Waals surface area contributed by atoms with Gasteiger partial charge in [-0.1, -0.05) is 6.07 Å². The van der Waals surface area contributed by atoms with Crippen molar-refractivity contribution in [3.05, 3.63) is 83.5 Å². The van der Waals surface area contributed by atoms with Crippen molar-refractivity contribution in [2.45, 2.75) is 32.9 Å². The van der Waals surface area contributed by atoms with Gasteiger partial charge in [-0.05, 0) is 69.3 Å². The quantitative estimate of drug-likeness (QED) is 0.375. The van der Waals surface area contributed by atoms with Crippen LogP contribution in [0.5, 0.6) is 5.75 Å². The average Bonchev–Trinajstić information content (AvgIpc) is 3.29. The molecule has 1 amide bonds. The third-order valence-electron chi connectivity index (χ3n) is 4.87. The summed E-state index contributed by atoms with van der Waals surface area (Å²) in [5.41, 5.74) is 0.339. The van der Waals surface area contributed by atoms with Gasteiger partial charge in [0.1, 0.15) is 34.9 Å². The number of nitrogens with zero attached hydrogens (tertiary/aromatic N) is 2. The second kappa shape index (κ2) is 8.10. The number of ether oxygens (including phenoxy) is 1. The topological polar surface area (TPSA) is 92.9 Å². The molecule has 0 spiro atoms. The van der Waals surface area contributed by atoms with Gasteiger partial charge in [-0.3, -0.25) is 14.5 Å². The van der Waals surface area contributed by atoms with Crippen LogP contribution in [0.1, 0.15) is 37.0 Å². The number of aliphatic hydroxyl groups is 1. The first-order valence-electron chi connectivity index (χ1n) is 9.92. The summed E-state index contributed by atoms with van der Waals surface area (Å²) >= 11 is 0. The Balaban J connectivity index is 1.84. The lowest BCUT2D eigenvalue weighted by atomic mass is 9.99. The first-order chi connectivity index (χ1) is 14.9. The molecule has 3 heterocycles. The molecule has 7 nitrogen and oxygen atoms in total. The fraction of sp³-hybridized carbons (Fsp3) is 0.208. The van der Waals surface area contributed by atoms with Crippen molar-refractivity contribution in [3.8, 4) is 5.75 Å². The molecule has 1 aromatic carbocycles. The number of furan rings is 1. The minimum atomic E-state index is -0.935. The van der Waals surface area contributed by atoms with Gasteiger partial charge in [-0.2, -0.15) is 0 Å². The van der Waals surface area contributed by atoms with Crippen molar-refractivity contribution in [1.82, 2.24) is 4.98 Å². The van der Waals surface area contributed by atoms with E-state index in [-0.39, 0.29) is 17.4 Å². The van der Waals surface area contributed by atoms with Crippen molar-refractivity contribution in [2.75, 3.05) is 4.90 Å². The Kier molecular flexibility index (Phi) is 5.33. The number of rotatable bonds is 5. The maximum Gasteiger partial charge on any atom is 0.301 e. The Morgan fingerprint density at radius 1 is 1.10 bits per heavy atom. The molecular formula is C24H22N2O5. The van der Waals surface area contributed by atoms with E-state index in [0.717, 1.165) is 0 Å². The van der Waals surface area contributed by atoms with Crippen molar-refractivity contribution >= 4 is 23.3 Å². The van der Waals surface area contributed by atoms with Crippen molar-refractivity contribution in [1.29, 1.82) is 0 Å². The SMILES string of the molecule is Cc1ccc(C2/C(=C(/O)c3ccc(OC(C)C)cc3)C(=O)C(=O)N2c2ccccn2)o1. The van der Waals surface area contributed by atoms with Crippen LogP contribution in [-0.2, 0) is 9.59 Å². The molecule has 7 heteroatoms. The molecule has 0 radical (unpaired) electrons. The number of anilines is 1. The number of hydrogen-bond acceptors (Lipinski definition) is 6. The van der Waals surface area contributed by atoms with E-state index in [4.69, 9.17) is 9.15 Å². The van der Waals surface area contributed by atoms with Gasteiger partial charge in [0.25, 0.3) is 5.78 Å². The number of pyridine rings is 1. The van der Waals surface area contributed by atoms with Crippen LogP contribution in [0, 0.1) is 6.92 Å². The highest BCUT2D eigenvalue weighted by Crippen LogP contribution is 2.42. The Morgan fingerprint density at radius 2 is 1.84 bits per heavy atom. The van der Waals surface area contributed by atoms with Gasteiger partial charge < -0.3 is 14.3 Å². The van der Waals surface area contributed by atoms with Crippen LogP contribution in [0.15, 0.2) is 70.8 Å². The predicted octanol–water partition coefficient (Wildman–Crippen LogP) is 4.40. The van der Waals surface area contributed by atoms with E-state index >= 15 is 0 Å². The molecule has 158 valence electrons. The largest absolute Gasteiger partial charge is 0.507 e. The van der Waals surface area contributed by atoms with Crippen LogP contribution >= 0.6 is 0 Å². The van der Waals surface area contributed by atoms with Gasteiger partial charge in [0.15, 0.2) is 0 Å². The second-order valence-corrected chi connectivity index (χ2v) is 7.50. The summed E-state index contributed by atoms with van der Waals surface area (Å²) in [6.07, 6.45) is 1.54. The smallest absolute Gasteiger partial charge is 0.301 e. The lowest BCUT2D eigenvalue weighted by molar-refractivity contribution is -0.132. The number of amides is 1. The average molecular weight is 418 g/mol. The number of aliphatic hydroxyl groups excluding tert-OH is 1. The Morgan fingerprint density at radius 3 is 2.42 bits per heavy atom. The zero-order valence-electron chi connectivity index (χ0n) is 17.4. The number of Topliss-reactive ketones (excluding diaryl/α,β-unsaturated/α-hetero) is 1. The molecule has 31 heavy (non-hydrogen) atoms. The fourth-order valence-corrected chi connectivity index (χ4v) is 3.55. The molecule has 1 atom stereocenters. The molecule has 1 aliphatic heterocycles. The van der Waals surface area contributed by atoms with Crippen LogP contribution in [-0.4, -0.2) is 27.9 Å². The third-order valence-corrected chi connectivity index (χ3v) is 4.87. The molecule has 1 unspecified atom stereocenters. The third kappa shape index (κ3) is 3.82. The van der Waals surface area contributed by atoms with Crippen LogP contribution in [0.2, 0.25) is 0 Å². The van der Waals surface area contributed by atoms with E-state index in [2.05, 4.69) is 4.98 Å². The number of aryl methyl sites for hydroxylation is 1. The maximum absolute atomic E-state index is 13.0. The lowest BCUT2D eigenvalue weighted by Crippen LogP contribution is -2.30. The molecule has 4 rings (SSSR count). The van der Waals surface area contributed by atoms with Crippen molar-refractivity contribution < 1.29 is 23.8 Å². The predicted molar refractivity (Wildman–Crippen MR) is 115 cm³/mol. The molecule has 0 saturated carbocycles. The van der Waals surface area contributed by atoms with Gasteiger partial charge in [0.05, 0.1) is 11.7 Å². The van der Waals surface area contributed by atoms with E-state index in [9.17, 15) is 14.7 Å². The van der Waals surface area contributed by atoms with Gasteiger partial charge >= 0.3 is 5.91 Å².